The molecule has 0 fully saturated rings. The Kier molecular flexibility index (Phi) is 7.04. The topological polar surface area (TPSA) is 12.9 Å². The summed E-state index contributed by atoms with van der Waals surface area (Å²) >= 11 is 0. The number of rotatable bonds is 2. The number of benzene rings is 8. The van der Waals surface area contributed by atoms with Gasteiger partial charge in [-0.2, -0.15) is 0 Å². The second kappa shape index (κ2) is 12.5. The molecule has 3 aliphatic rings. The summed E-state index contributed by atoms with van der Waals surface area (Å²) < 4.78 is 0. The molecule has 3 aliphatic carbocycles. The first-order valence-electron chi connectivity index (χ1n) is 20.1. The SMILES string of the molecule is C1=CC/C(c2cccc3ccccc23)=C\c2c(cc(-c3ccc4c(c3)-c3ncccc3C43c4ccccc4-c4cccc5cccc3c45)c3ccccc23)CC=C1. The number of nitrogens with zero attached hydrogens (tertiary/aromatic N) is 1. The fourth-order valence-corrected chi connectivity index (χ4v) is 10.5. The molecule has 1 spiro atoms. The Balaban J connectivity index is 1.10. The van der Waals surface area contributed by atoms with E-state index in [1.807, 2.05) is 6.20 Å². The summed E-state index contributed by atoms with van der Waals surface area (Å²) in [5.41, 5.74) is 17.3. The summed E-state index contributed by atoms with van der Waals surface area (Å²) in [4.78, 5) is 5.19. The van der Waals surface area contributed by atoms with Crippen molar-refractivity contribution in [3.63, 3.8) is 0 Å². The van der Waals surface area contributed by atoms with Gasteiger partial charge in [-0.05, 0) is 136 Å². The van der Waals surface area contributed by atoms with Gasteiger partial charge < -0.3 is 0 Å². The summed E-state index contributed by atoms with van der Waals surface area (Å²) in [7, 11) is 0. The fourth-order valence-electron chi connectivity index (χ4n) is 10.5. The molecule has 266 valence electrons. The lowest BCUT2D eigenvalue weighted by Crippen LogP contribution is -2.31. The molecule has 1 unspecified atom stereocenters. The van der Waals surface area contributed by atoms with Crippen molar-refractivity contribution in [2.75, 3.05) is 0 Å². The smallest absolute Gasteiger partial charge is 0.0753 e. The molecule has 0 saturated heterocycles. The van der Waals surface area contributed by atoms with Crippen LogP contribution in [0.2, 0.25) is 0 Å². The highest BCUT2D eigenvalue weighted by molar-refractivity contribution is 6.09. The lowest BCUT2D eigenvalue weighted by Gasteiger charge is -2.39. The maximum atomic E-state index is 5.19. The van der Waals surface area contributed by atoms with Gasteiger partial charge in [0.2, 0.25) is 0 Å². The van der Waals surface area contributed by atoms with E-state index in [-0.39, 0.29) is 0 Å². The summed E-state index contributed by atoms with van der Waals surface area (Å²) in [5, 5.41) is 7.71. The molecule has 1 nitrogen and oxygen atoms in total. The average molecular weight is 724 g/mol. The molecule has 1 heterocycles. The predicted octanol–water partition coefficient (Wildman–Crippen LogP) is 14.2. The van der Waals surface area contributed by atoms with Crippen LogP contribution >= 0.6 is 0 Å². The Morgan fingerprint density at radius 2 is 1.11 bits per heavy atom. The van der Waals surface area contributed by atoms with Gasteiger partial charge in [-0.1, -0.05) is 170 Å². The molecule has 0 bridgehead atoms. The second-order valence-electron chi connectivity index (χ2n) is 15.7. The van der Waals surface area contributed by atoms with Crippen LogP contribution in [0.4, 0.5) is 0 Å². The predicted molar refractivity (Wildman–Crippen MR) is 239 cm³/mol. The Bertz CT molecular complexity index is 3240. The fraction of sp³-hybridized carbons (Fsp3) is 0.0536. The Hall–Kier alpha value is -7.09. The zero-order valence-electron chi connectivity index (χ0n) is 31.4. The van der Waals surface area contributed by atoms with Gasteiger partial charge in [0.1, 0.15) is 0 Å². The molecule has 0 N–H and O–H groups in total. The van der Waals surface area contributed by atoms with E-state index >= 15 is 0 Å². The first-order valence-corrected chi connectivity index (χ1v) is 20.1. The molecule has 8 aromatic carbocycles. The largest absolute Gasteiger partial charge is 0.256 e. The van der Waals surface area contributed by atoms with Crippen molar-refractivity contribution in [2.45, 2.75) is 18.3 Å². The standard InChI is InChI=1S/C56H37N/c1-2-4-17-39-34-48(44-23-8-7-22-43(44)47(39)33-38(16-3-1)42-25-11-18-36-15-5-6-21-41(36)42)40-30-31-51-49(35-40)55-53(29-14-32-57-55)56(51)50-27-10-9-24-45(50)46-26-12-19-37-20-13-28-52(56)54(37)46/h1-15,18-35H,16-17H2/b3-1?,4-2?,38-33+. The maximum absolute atomic E-state index is 5.19. The van der Waals surface area contributed by atoms with Crippen LogP contribution in [0.5, 0.6) is 0 Å². The van der Waals surface area contributed by atoms with E-state index in [0.29, 0.717) is 0 Å². The molecule has 9 aromatic rings. The monoisotopic (exact) mass is 723 g/mol. The van der Waals surface area contributed by atoms with Gasteiger partial charge in [0.15, 0.2) is 0 Å². The van der Waals surface area contributed by atoms with E-state index in [0.717, 1.165) is 18.5 Å². The average Bonchev–Trinajstić information content (AvgIpc) is 3.56. The Morgan fingerprint density at radius 3 is 2.02 bits per heavy atom. The number of allylic oxidation sites excluding steroid dienone is 5. The van der Waals surface area contributed by atoms with Crippen LogP contribution in [0.25, 0.3) is 77.5 Å². The first kappa shape index (κ1) is 32.2. The van der Waals surface area contributed by atoms with E-state index in [9.17, 15) is 0 Å². The molecule has 0 aliphatic heterocycles. The molecular formula is C56H37N. The second-order valence-corrected chi connectivity index (χ2v) is 15.7. The van der Waals surface area contributed by atoms with Crippen LogP contribution < -0.4 is 0 Å². The van der Waals surface area contributed by atoms with Gasteiger partial charge in [0, 0.05) is 11.8 Å². The van der Waals surface area contributed by atoms with Crippen LogP contribution in [0.3, 0.4) is 0 Å². The molecule has 0 radical (unpaired) electrons. The van der Waals surface area contributed by atoms with Crippen LogP contribution in [0, 0.1) is 0 Å². The van der Waals surface area contributed by atoms with Crippen LogP contribution in [0.15, 0.2) is 194 Å². The van der Waals surface area contributed by atoms with E-state index in [4.69, 9.17) is 4.98 Å². The molecular weight excluding hydrogens is 687 g/mol. The third-order valence-electron chi connectivity index (χ3n) is 12.8. The number of aromatic nitrogens is 1. The summed E-state index contributed by atoms with van der Waals surface area (Å²) in [6, 6.07) is 61.2. The van der Waals surface area contributed by atoms with E-state index in [1.165, 1.54) is 105 Å². The van der Waals surface area contributed by atoms with Crippen molar-refractivity contribution in [3.8, 4) is 33.5 Å². The van der Waals surface area contributed by atoms with Gasteiger partial charge in [0.05, 0.1) is 11.1 Å². The highest BCUT2D eigenvalue weighted by atomic mass is 14.7. The summed E-state index contributed by atoms with van der Waals surface area (Å²) in [6.45, 7) is 0. The molecule has 1 aromatic heterocycles. The first-order chi connectivity index (χ1) is 28.3. The van der Waals surface area contributed by atoms with Crippen molar-refractivity contribution in [1.82, 2.24) is 4.98 Å². The molecule has 1 atom stereocenters. The molecule has 0 saturated carbocycles. The number of pyridine rings is 1. The highest BCUT2D eigenvalue weighted by Crippen LogP contribution is 2.61. The quantitative estimate of drug-likeness (QED) is 0.173. The Morgan fingerprint density at radius 1 is 0.439 bits per heavy atom. The zero-order chi connectivity index (χ0) is 37.5. The minimum atomic E-state index is -0.478. The lowest BCUT2D eigenvalue weighted by molar-refractivity contribution is 0.771. The van der Waals surface area contributed by atoms with Crippen molar-refractivity contribution in [2.24, 2.45) is 0 Å². The number of fused-ring (bicyclic) bond motifs is 13. The molecule has 57 heavy (non-hydrogen) atoms. The zero-order valence-corrected chi connectivity index (χ0v) is 31.4. The van der Waals surface area contributed by atoms with Gasteiger partial charge in [-0.25, -0.2) is 0 Å². The normalized spacial score (nSPS) is 17.2. The van der Waals surface area contributed by atoms with Gasteiger partial charge in [-0.3, -0.25) is 4.98 Å². The Labute approximate surface area is 332 Å². The third-order valence-corrected chi connectivity index (χ3v) is 12.8. The van der Waals surface area contributed by atoms with Crippen molar-refractivity contribution in [3.05, 3.63) is 233 Å². The van der Waals surface area contributed by atoms with Crippen LogP contribution in [-0.4, -0.2) is 4.98 Å². The minimum absolute atomic E-state index is 0.478. The van der Waals surface area contributed by atoms with Crippen LogP contribution in [-0.2, 0) is 11.8 Å². The van der Waals surface area contributed by atoms with Gasteiger partial charge in [-0.15, -0.1) is 0 Å². The van der Waals surface area contributed by atoms with E-state index in [2.05, 4.69) is 194 Å². The molecule has 1 heteroatoms. The summed E-state index contributed by atoms with van der Waals surface area (Å²) in [5.74, 6) is 0. The summed E-state index contributed by atoms with van der Waals surface area (Å²) in [6.07, 6.45) is 15.1. The van der Waals surface area contributed by atoms with Crippen molar-refractivity contribution < 1.29 is 0 Å². The molecule has 0 amide bonds. The van der Waals surface area contributed by atoms with Crippen LogP contribution in [0.1, 0.15) is 45.4 Å². The van der Waals surface area contributed by atoms with E-state index in [1.54, 1.807) is 0 Å². The van der Waals surface area contributed by atoms with Crippen molar-refractivity contribution in [1.29, 1.82) is 0 Å². The minimum Gasteiger partial charge on any atom is -0.256 e. The van der Waals surface area contributed by atoms with E-state index < -0.39 is 5.41 Å². The number of hydrogen-bond donors (Lipinski definition) is 0. The van der Waals surface area contributed by atoms with Gasteiger partial charge >= 0.3 is 0 Å². The highest BCUT2D eigenvalue weighted by Gasteiger charge is 2.50. The number of hydrogen-bond acceptors (Lipinski definition) is 1. The molecule has 12 rings (SSSR count). The third kappa shape index (κ3) is 4.60. The lowest BCUT2D eigenvalue weighted by atomic mass is 9.61. The van der Waals surface area contributed by atoms with Gasteiger partial charge in [0.25, 0.3) is 0 Å². The maximum Gasteiger partial charge on any atom is 0.0753 e. The van der Waals surface area contributed by atoms with Crippen molar-refractivity contribution >= 4 is 44.0 Å².